The summed E-state index contributed by atoms with van der Waals surface area (Å²) in [5.74, 6) is 1.41. The van der Waals surface area contributed by atoms with Crippen molar-refractivity contribution in [2.24, 2.45) is 5.92 Å². The Kier molecular flexibility index (Phi) is 4.28. The van der Waals surface area contributed by atoms with Crippen LogP contribution in [0.4, 0.5) is 5.13 Å². The van der Waals surface area contributed by atoms with Crippen molar-refractivity contribution in [3.63, 3.8) is 0 Å². The van der Waals surface area contributed by atoms with E-state index in [1.165, 1.54) is 17.1 Å². The van der Waals surface area contributed by atoms with Gasteiger partial charge in [-0.1, -0.05) is 37.3 Å². The SMILES string of the molecule is CCc1nsc(NC[C@@H]2CCO[C@H]2c2ccccc2)n1. The molecule has 2 aromatic rings. The third kappa shape index (κ3) is 2.99. The van der Waals surface area contributed by atoms with Crippen molar-refractivity contribution in [2.45, 2.75) is 25.9 Å². The molecule has 1 aliphatic heterocycles. The Morgan fingerprint density at radius 1 is 1.35 bits per heavy atom. The molecular weight excluding hydrogens is 270 g/mol. The number of aromatic nitrogens is 2. The summed E-state index contributed by atoms with van der Waals surface area (Å²) in [4.78, 5) is 4.44. The van der Waals surface area contributed by atoms with Gasteiger partial charge in [0.25, 0.3) is 0 Å². The molecule has 106 valence electrons. The molecule has 1 aromatic heterocycles. The largest absolute Gasteiger partial charge is 0.373 e. The number of rotatable bonds is 5. The van der Waals surface area contributed by atoms with E-state index in [0.29, 0.717) is 5.92 Å². The third-order valence-corrected chi connectivity index (χ3v) is 4.35. The minimum absolute atomic E-state index is 0.197. The Morgan fingerprint density at radius 3 is 2.95 bits per heavy atom. The average Bonchev–Trinajstić information content (AvgIpc) is 3.15. The number of nitrogens with one attached hydrogen (secondary N) is 1. The highest BCUT2D eigenvalue weighted by molar-refractivity contribution is 7.09. The maximum absolute atomic E-state index is 5.89. The topological polar surface area (TPSA) is 47.0 Å². The zero-order chi connectivity index (χ0) is 13.8. The molecule has 20 heavy (non-hydrogen) atoms. The lowest BCUT2D eigenvalue weighted by Gasteiger charge is -2.19. The quantitative estimate of drug-likeness (QED) is 0.917. The van der Waals surface area contributed by atoms with Crippen LogP contribution in [-0.2, 0) is 11.2 Å². The molecule has 3 rings (SSSR count). The second kappa shape index (κ2) is 6.33. The lowest BCUT2D eigenvalue weighted by atomic mass is 9.95. The smallest absolute Gasteiger partial charge is 0.202 e. The van der Waals surface area contributed by atoms with Crippen molar-refractivity contribution < 1.29 is 4.74 Å². The van der Waals surface area contributed by atoms with Gasteiger partial charge in [-0.2, -0.15) is 4.37 Å². The zero-order valence-electron chi connectivity index (χ0n) is 11.6. The molecule has 0 saturated carbocycles. The van der Waals surface area contributed by atoms with Crippen LogP contribution >= 0.6 is 11.5 Å². The Morgan fingerprint density at radius 2 is 2.20 bits per heavy atom. The maximum Gasteiger partial charge on any atom is 0.202 e. The minimum atomic E-state index is 0.197. The summed E-state index contributed by atoms with van der Waals surface area (Å²) >= 11 is 1.44. The summed E-state index contributed by atoms with van der Waals surface area (Å²) in [5.41, 5.74) is 1.27. The Bertz CT molecular complexity index is 543. The predicted molar refractivity (Wildman–Crippen MR) is 81.0 cm³/mol. The molecule has 1 fully saturated rings. The first-order valence-electron chi connectivity index (χ1n) is 7.10. The van der Waals surface area contributed by atoms with Crippen LogP contribution < -0.4 is 5.32 Å². The normalized spacial score (nSPS) is 22.1. The summed E-state index contributed by atoms with van der Waals surface area (Å²) in [6.07, 6.45) is 2.17. The van der Waals surface area contributed by atoms with Gasteiger partial charge < -0.3 is 10.1 Å². The molecule has 0 spiro atoms. The van der Waals surface area contributed by atoms with Gasteiger partial charge in [-0.15, -0.1) is 0 Å². The molecule has 0 aliphatic carbocycles. The third-order valence-electron chi connectivity index (χ3n) is 3.64. The van der Waals surface area contributed by atoms with Crippen molar-refractivity contribution in [2.75, 3.05) is 18.5 Å². The van der Waals surface area contributed by atoms with Crippen molar-refractivity contribution >= 4 is 16.7 Å². The first kappa shape index (κ1) is 13.5. The fraction of sp³-hybridized carbons (Fsp3) is 0.467. The van der Waals surface area contributed by atoms with Crippen LogP contribution in [0.25, 0.3) is 0 Å². The zero-order valence-corrected chi connectivity index (χ0v) is 12.4. The second-order valence-electron chi connectivity index (χ2n) is 5.00. The summed E-state index contributed by atoms with van der Waals surface area (Å²) in [6.45, 7) is 3.79. The Balaban J connectivity index is 1.61. The van der Waals surface area contributed by atoms with Crippen LogP contribution in [0.15, 0.2) is 30.3 Å². The van der Waals surface area contributed by atoms with Gasteiger partial charge in [0.2, 0.25) is 5.13 Å². The molecule has 0 amide bonds. The Hall–Kier alpha value is -1.46. The van der Waals surface area contributed by atoms with E-state index in [1.54, 1.807) is 0 Å². The first-order valence-corrected chi connectivity index (χ1v) is 7.87. The molecule has 1 saturated heterocycles. The van der Waals surface area contributed by atoms with E-state index in [9.17, 15) is 0 Å². The Labute approximate surface area is 123 Å². The summed E-state index contributed by atoms with van der Waals surface area (Å²) in [5, 5.41) is 4.32. The van der Waals surface area contributed by atoms with Crippen molar-refractivity contribution in [3.8, 4) is 0 Å². The number of hydrogen-bond acceptors (Lipinski definition) is 5. The lowest BCUT2D eigenvalue weighted by Crippen LogP contribution is -2.17. The highest BCUT2D eigenvalue weighted by Gasteiger charge is 2.29. The van der Waals surface area contributed by atoms with Gasteiger partial charge >= 0.3 is 0 Å². The number of aryl methyl sites for hydroxylation is 1. The van der Waals surface area contributed by atoms with Crippen molar-refractivity contribution in [1.82, 2.24) is 9.36 Å². The number of anilines is 1. The molecule has 2 atom stereocenters. The van der Waals surface area contributed by atoms with Gasteiger partial charge in [0.15, 0.2) is 0 Å². The second-order valence-corrected chi connectivity index (χ2v) is 5.75. The lowest BCUT2D eigenvalue weighted by molar-refractivity contribution is 0.0933. The molecule has 0 radical (unpaired) electrons. The van der Waals surface area contributed by atoms with Crippen LogP contribution in [0.1, 0.15) is 30.8 Å². The fourth-order valence-electron chi connectivity index (χ4n) is 2.54. The summed E-state index contributed by atoms with van der Waals surface area (Å²) in [6, 6.07) is 10.5. The molecule has 1 aliphatic rings. The molecular formula is C15H19N3OS. The molecule has 0 bridgehead atoms. The van der Waals surface area contributed by atoms with Gasteiger partial charge in [-0.25, -0.2) is 4.98 Å². The number of nitrogens with zero attached hydrogens (tertiary/aromatic N) is 2. The molecule has 4 nitrogen and oxygen atoms in total. The standard InChI is InChI=1S/C15H19N3OS/c1-2-13-17-15(20-18-13)16-10-12-8-9-19-14(12)11-6-4-3-5-7-11/h3-7,12,14H,2,8-10H2,1H3,(H,16,17,18)/t12-,14-/m0/s1. The van der Waals surface area contributed by atoms with E-state index in [4.69, 9.17) is 4.74 Å². The van der Waals surface area contributed by atoms with Crippen LogP contribution in [0.3, 0.4) is 0 Å². The maximum atomic E-state index is 5.89. The van der Waals surface area contributed by atoms with Crippen molar-refractivity contribution in [1.29, 1.82) is 0 Å². The average molecular weight is 289 g/mol. The van der Waals surface area contributed by atoms with E-state index in [1.807, 2.05) is 6.07 Å². The van der Waals surface area contributed by atoms with Crippen LogP contribution in [-0.4, -0.2) is 22.5 Å². The van der Waals surface area contributed by atoms with E-state index in [-0.39, 0.29) is 6.10 Å². The van der Waals surface area contributed by atoms with E-state index in [0.717, 1.165) is 36.9 Å². The van der Waals surface area contributed by atoms with Gasteiger partial charge in [0.1, 0.15) is 5.82 Å². The van der Waals surface area contributed by atoms with Gasteiger partial charge in [-0.3, -0.25) is 0 Å². The summed E-state index contributed by atoms with van der Waals surface area (Å²) in [7, 11) is 0. The fourth-order valence-corrected chi connectivity index (χ4v) is 3.20. The van der Waals surface area contributed by atoms with Crippen molar-refractivity contribution in [3.05, 3.63) is 41.7 Å². The number of benzene rings is 1. The molecule has 5 heteroatoms. The van der Waals surface area contributed by atoms with Crippen LogP contribution in [0, 0.1) is 5.92 Å². The summed E-state index contributed by atoms with van der Waals surface area (Å²) < 4.78 is 10.2. The van der Waals surface area contributed by atoms with Gasteiger partial charge in [0, 0.05) is 37.0 Å². The van der Waals surface area contributed by atoms with Gasteiger partial charge in [0.05, 0.1) is 6.10 Å². The first-order chi connectivity index (χ1) is 9.86. The number of ether oxygens (including phenoxy) is 1. The highest BCUT2D eigenvalue weighted by atomic mass is 32.1. The van der Waals surface area contributed by atoms with Gasteiger partial charge in [-0.05, 0) is 12.0 Å². The minimum Gasteiger partial charge on any atom is -0.373 e. The van der Waals surface area contributed by atoms with Crippen LogP contribution in [0.5, 0.6) is 0 Å². The van der Waals surface area contributed by atoms with E-state index >= 15 is 0 Å². The molecule has 1 aromatic carbocycles. The monoisotopic (exact) mass is 289 g/mol. The van der Waals surface area contributed by atoms with E-state index < -0.39 is 0 Å². The molecule has 2 heterocycles. The predicted octanol–water partition coefficient (Wildman–Crippen LogP) is 3.29. The highest BCUT2D eigenvalue weighted by Crippen LogP contribution is 2.34. The van der Waals surface area contributed by atoms with Crippen LogP contribution in [0.2, 0.25) is 0 Å². The number of hydrogen-bond donors (Lipinski definition) is 1. The molecule has 0 unspecified atom stereocenters. The van der Waals surface area contributed by atoms with E-state index in [2.05, 4.69) is 45.9 Å². The molecule has 1 N–H and O–H groups in total.